The van der Waals surface area contributed by atoms with Gasteiger partial charge in [0.2, 0.25) is 0 Å². The van der Waals surface area contributed by atoms with Crippen molar-refractivity contribution in [3.05, 3.63) is 198 Å². The van der Waals surface area contributed by atoms with E-state index < -0.39 is 21.6 Å². The minimum Gasteiger partial charge on any atom is -0.208 e. The molecule has 278 valence electrons. The molecular formula is C52H47N3Si2. The molecule has 3 nitrogen and oxygen atoms in total. The predicted octanol–water partition coefficient (Wildman–Crippen LogP) is 12.0. The predicted molar refractivity (Wildman–Crippen MR) is 245 cm³/mol. The number of hydrogen-bond acceptors (Lipinski definition) is 3. The molecule has 5 heteroatoms. The highest BCUT2D eigenvalue weighted by Gasteiger charge is 2.45. The second-order valence-corrected chi connectivity index (χ2v) is 27.5. The maximum atomic E-state index is 5.13. The third-order valence-electron chi connectivity index (χ3n) is 11.6. The molecule has 0 N–H and O–H groups in total. The van der Waals surface area contributed by atoms with E-state index in [0.29, 0.717) is 17.5 Å². The Balaban J connectivity index is 1.13. The van der Waals surface area contributed by atoms with E-state index in [4.69, 9.17) is 15.0 Å². The van der Waals surface area contributed by atoms with E-state index in [1.165, 1.54) is 43.8 Å². The molecule has 0 saturated heterocycles. The van der Waals surface area contributed by atoms with Crippen molar-refractivity contribution in [3.8, 4) is 56.4 Å². The highest BCUT2D eigenvalue weighted by atomic mass is 28.3. The Bertz CT molecular complexity index is 2600. The van der Waals surface area contributed by atoms with Gasteiger partial charge in [0.15, 0.2) is 17.5 Å². The molecule has 0 fully saturated rings. The summed E-state index contributed by atoms with van der Waals surface area (Å²) in [6.07, 6.45) is 0. The van der Waals surface area contributed by atoms with Gasteiger partial charge in [-0.2, -0.15) is 0 Å². The lowest BCUT2D eigenvalue weighted by molar-refractivity contribution is 0.768. The maximum Gasteiger partial charge on any atom is 0.164 e. The van der Waals surface area contributed by atoms with Crippen molar-refractivity contribution >= 4 is 26.5 Å². The van der Waals surface area contributed by atoms with Crippen LogP contribution in [0.15, 0.2) is 176 Å². The average molecular weight is 770 g/mol. The van der Waals surface area contributed by atoms with E-state index in [9.17, 15) is 0 Å². The molecule has 0 unspecified atom stereocenters. The first-order valence-electron chi connectivity index (χ1n) is 19.9. The molecule has 0 radical (unpaired) electrons. The summed E-state index contributed by atoms with van der Waals surface area (Å²) in [6, 6.07) is 64.3. The van der Waals surface area contributed by atoms with Crippen molar-refractivity contribution in [2.24, 2.45) is 0 Å². The smallest absolute Gasteiger partial charge is 0.164 e. The van der Waals surface area contributed by atoms with Crippen LogP contribution in [0.5, 0.6) is 0 Å². The molecule has 0 amide bonds. The van der Waals surface area contributed by atoms with Gasteiger partial charge < -0.3 is 0 Å². The first-order chi connectivity index (χ1) is 27.5. The van der Waals surface area contributed by atoms with Crippen LogP contribution < -0.4 is 10.4 Å². The van der Waals surface area contributed by atoms with Gasteiger partial charge in [-0.1, -0.05) is 220 Å². The van der Waals surface area contributed by atoms with Gasteiger partial charge in [0.1, 0.15) is 0 Å². The molecule has 57 heavy (non-hydrogen) atoms. The fraction of sp³-hybridized carbons (Fsp3) is 0.135. The molecule has 7 aromatic carbocycles. The topological polar surface area (TPSA) is 38.7 Å². The largest absolute Gasteiger partial charge is 0.208 e. The van der Waals surface area contributed by atoms with Crippen LogP contribution in [0, 0.1) is 0 Å². The van der Waals surface area contributed by atoms with E-state index >= 15 is 0 Å². The van der Waals surface area contributed by atoms with Gasteiger partial charge in [-0.15, -0.1) is 0 Å². The zero-order valence-electron chi connectivity index (χ0n) is 33.6. The van der Waals surface area contributed by atoms with Crippen molar-refractivity contribution in [1.29, 1.82) is 0 Å². The fourth-order valence-electron chi connectivity index (χ4n) is 8.46. The summed E-state index contributed by atoms with van der Waals surface area (Å²) in [5.74, 6) is 2.04. The molecular weight excluding hydrogens is 723 g/mol. The normalized spacial score (nSPS) is 13.2. The summed E-state index contributed by atoms with van der Waals surface area (Å²) in [5.41, 5.74) is 12.5. The van der Waals surface area contributed by atoms with Crippen LogP contribution in [-0.2, 0) is 5.41 Å². The Labute approximate surface area is 339 Å². The third kappa shape index (κ3) is 6.61. The molecule has 0 atom stereocenters. The highest BCUT2D eigenvalue weighted by molar-refractivity contribution is 6.89. The summed E-state index contributed by atoms with van der Waals surface area (Å²) in [6.45, 7) is 14.2. The van der Waals surface area contributed by atoms with Crippen LogP contribution in [-0.4, -0.2) is 31.1 Å². The lowest BCUT2D eigenvalue weighted by Crippen LogP contribution is -2.37. The summed E-state index contributed by atoms with van der Waals surface area (Å²) >= 11 is 0. The Morgan fingerprint density at radius 3 is 1.23 bits per heavy atom. The van der Waals surface area contributed by atoms with Crippen molar-refractivity contribution in [1.82, 2.24) is 15.0 Å². The van der Waals surface area contributed by atoms with Crippen molar-refractivity contribution in [2.45, 2.75) is 44.7 Å². The van der Waals surface area contributed by atoms with Crippen LogP contribution in [0.1, 0.15) is 22.3 Å². The van der Waals surface area contributed by atoms with Crippen molar-refractivity contribution in [2.75, 3.05) is 0 Å². The first-order valence-corrected chi connectivity index (χ1v) is 26.9. The quantitative estimate of drug-likeness (QED) is 0.145. The fourth-order valence-corrected chi connectivity index (χ4v) is 10.8. The molecule has 9 rings (SSSR count). The van der Waals surface area contributed by atoms with Gasteiger partial charge in [0.25, 0.3) is 0 Å². The van der Waals surface area contributed by atoms with E-state index in [2.05, 4.69) is 215 Å². The van der Waals surface area contributed by atoms with Gasteiger partial charge in [0, 0.05) is 16.7 Å². The van der Waals surface area contributed by atoms with Crippen LogP contribution in [0.4, 0.5) is 0 Å². The molecule has 0 spiro atoms. The van der Waals surface area contributed by atoms with Crippen LogP contribution in [0.25, 0.3) is 56.4 Å². The molecule has 0 saturated carbocycles. The van der Waals surface area contributed by atoms with Crippen LogP contribution >= 0.6 is 0 Å². The summed E-state index contributed by atoms with van der Waals surface area (Å²) in [5, 5.41) is 2.83. The SMILES string of the molecule is C[Si](C)(C)c1ccc(-c2nc(-c3ccc([Si](C)(C)C)cc3)nc(-c3cccc(-c4ccc(C5(c6ccccc6)c6ccccc6-c6ccccc65)cc4)c3)n2)cc1. The average Bonchev–Trinajstić information content (AvgIpc) is 3.54. The molecule has 8 aromatic rings. The second kappa shape index (κ2) is 14.2. The van der Waals surface area contributed by atoms with Crippen molar-refractivity contribution < 1.29 is 0 Å². The number of aromatic nitrogens is 3. The minimum absolute atomic E-state index is 0.424. The number of rotatable bonds is 8. The van der Waals surface area contributed by atoms with E-state index in [1.807, 2.05) is 0 Å². The zero-order valence-corrected chi connectivity index (χ0v) is 35.6. The third-order valence-corrected chi connectivity index (χ3v) is 15.7. The second-order valence-electron chi connectivity index (χ2n) is 17.3. The Hall–Kier alpha value is -6.02. The van der Waals surface area contributed by atoms with Gasteiger partial charge in [-0.3, -0.25) is 0 Å². The Morgan fingerprint density at radius 2 is 0.737 bits per heavy atom. The van der Waals surface area contributed by atoms with Gasteiger partial charge in [-0.25, -0.2) is 15.0 Å². The molecule has 1 aromatic heterocycles. The van der Waals surface area contributed by atoms with E-state index in [0.717, 1.165) is 27.8 Å². The molecule has 0 bridgehead atoms. The minimum atomic E-state index is -1.46. The van der Waals surface area contributed by atoms with E-state index in [-0.39, 0.29) is 0 Å². The van der Waals surface area contributed by atoms with E-state index in [1.54, 1.807) is 0 Å². The summed E-state index contributed by atoms with van der Waals surface area (Å²) in [4.78, 5) is 15.3. The zero-order chi connectivity index (χ0) is 39.4. The number of nitrogens with zero attached hydrogens (tertiary/aromatic N) is 3. The summed E-state index contributed by atoms with van der Waals surface area (Å²) < 4.78 is 0. The lowest BCUT2D eigenvalue weighted by atomic mass is 9.67. The van der Waals surface area contributed by atoms with Gasteiger partial charge >= 0.3 is 0 Å². The van der Waals surface area contributed by atoms with Gasteiger partial charge in [0.05, 0.1) is 21.6 Å². The molecule has 1 aliphatic rings. The number of hydrogen-bond donors (Lipinski definition) is 0. The monoisotopic (exact) mass is 769 g/mol. The van der Waals surface area contributed by atoms with Crippen LogP contribution in [0.2, 0.25) is 39.3 Å². The summed E-state index contributed by atoms with van der Waals surface area (Å²) in [7, 11) is -2.92. The molecule has 1 heterocycles. The highest BCUT2D eigenvalue weighted by Crippen LogP contribution is 2.56. The number of fused-ring (bicyclic) bond motifs is 3. The van der Waals surface area contributed by atoms with Crippen molar-refractivity contribution in [3.63, 3.8) is 0 Å². The first kappa shape index (κ1) is 36.6. The van der Waals surface area contributed by atoms with Crippen LogP contribution in [0.3, 0.4) is 0 Å². The Morgan fingerprint density at radius 1 is 0.333 bits per heavy atom. The van der Waals surface area contributed by atoms with Gasteiger partial charge in [-0.05, 0) is 50.6 Å². The Kier molecular flexibility index (Phi) is 9.10. The number of benzene rings is 7. The molecule has 0 aliphatic heterocycles. The molecule has 1 aliphatic carbocycles. The lowest BCUT2D eigenvalue weighted by Gasteiger charge is -2.34. The maximum absolute atomic E-state index is 5.13. The standard InChI is InChI=1S/C52H47N3Si2/c1-56(2,3)43-31-25-37(26-32-43)49-53-50(38-27-33-44(34-28-38)57(4,5)6)55-51(54-49)40-16-14-15-39(35-40)36-23-29-42(30-24-36)52(41-17-8-7-9-18-41)47-21-12-10-19-45(47)46-20-11-13-22-48(46)52/h7-35H,1-6H3.